The van der Waals surface area contributed by atoms with Crippen molar-refractivity contribution in [2.24, 2.45) is 5.92 Å². The standard InChI is InChI=1S/C17H24OS/c1-12-8-13(2)17(14(3)9-12)11-16(18)10-15-4-6-19-7-5-15/h8-9,15H,4-7,10-11H2,1-3H3. The molecule has 0 bridgehead atoms. The van der Waals surface area contributed by atoms with Crippen molar-refractivity contribution in [2.45, 2.75) is 46.5 Å². The minimum absolute atomic E-state index is 0.423. The molecule has 1 aliphatic rings. The highest BCUT2D eigenvalue weighted by Crippen LogP contribution is 2.26. The Morgan fingerprint density at radius 2 is 1.74 bits per heavy atom. The SMILES string of the molecule is Cc1cc(C)c(CC(=O)CC2CCSCC2)c(C)c1. The van der Waals surface area contributed by atoms with Crippen LogP contribution in [-0.2, 0) is 11.2 Å². The molecule has 2 heteroatoms. The minimum atomic E-state index is 0.423. The zero-order chi connectivity index (χ0) is 13.8. The lowest BCUT2D eigenvalue weighted by Crippen LogP contribution is -2.16. The van der Waals surface area contributed by atoms with E-state index in [0.717, 1.165) is 6.42 Å². The van der Waals surface area contributed by atoms with E-state index in [1.807, 2.05) is 11.8 Å². The van der Waals surface area contributed by atoms with E-state index >= 15 is 0 Å². The summed E-state index contributed by atoms with van der Waals surface area (Å²) in [6.07, 6.45) is 3.86. The topological polar surface area (TPSA) is 17.1 Å². The zero-order valence-electron chi connectivity index (χ0n) is 12.3. The van der Waals surface area contributed by atoms with Crippen LogP contribution in [0.15, 0.2) is 12.1 Å². The number of hydrogen-bond donors (Lipinski definition) is 0. The third-order valence-corrected chi connectivity index (χ3v) is 5.12. The van der Waals surface area contributed by atoms with Crippen molar-refractivity contribution < 1.29 is 4.79 Å². The summed E-state index contributed by atoms with van der Waals surface area (Å²) in [6, 6.07) is 4.37. The number of thioether (sulfide) groups is 1. The van der Waals surface area contributed by atoms with Gasteiger partial charge in [0.25, 0.3) is 0 Å². The molecule has 0 N–H and O–H groups in total. The van der Waals surface area contributed by atoms with Crippen molar-refractivity contribution in [3.8, 4) is 0 Å². The number of carbonyl (C=O) groups is 1. The predicted octanol–water partition coefficient (Wildman–Crippen LogP) is 4.26. The van der Waals surface area contributed by atoms with Gasteiger partial charge in [-0.2, -0.15) is 11.8 Å². The van der Waals surface area contributed by atoms with Crippen molar-refractivity contribution in [1.29, 1.82) is 0 Å². The molecule has 0 spiro atoms. The first kappa shape index (κ1) is 14.6. The Morgan fingerprint density at radius 3 is 2.32 bits per heavy atom. The first-order valence-corrected chi connectivity index (χ1v) is 8.38. The van der Waals surface area contributed by atoms with Gasteiger partial charge in [0.15, 0.2) is 0 Å². The summed E-state index contributed by atoms with van der Waals surface area (Å²) in [5.41, 5.74) is 5.08. The van der Waals surface area contributed by atoms with Crippen LogP contribution in [0.1, 0.15) is 41.5 Å². The lowest BCUT2D eigenvalue weighted by Gasteiger charge is -2.20. The van der Waals surface area contributed by atoms with Crippen LogP contribution in [0.25, 0.3) is 0 Å². The van der Waals surface area contributed by atoms with Crippen LogP contribution in [0.5, 0.6) is 0 Å². The summed E-state index contributed by atoms with van der Waals surface area (Å²) in [7, 11) is 0. The second kappa shape index (κ2) is 6.60. The summed E-state index contributed by atoms with van der Waals surface area (Å²) < 4.78 is 0. The fourth-order valence-corrected chi connectivity index (χ4v) is 4.23. The van der Waals surface area contributed by atoms with Crippen molar-refractivity contribution in [3.63, 3.8) is 0 Å². The summed E-state index contributed by atoms with van der Waals surface area (Å²) in [6.45, 7) is 6.37. The largest absolute Gasteiger partial charge is 0.299 e. The number of ketones is 1. The Bertz CT molecular complexity index is 435. The van der Waals surface area contributed by atoms with E-state index in [9.17, 15) is 4.79 Å². The highest BCUT2D eigenvalue weighted by atomic mass is 32.2. The quantitative estimate of drug-likeness (QED) is 0.817. The molecular formula is C17H24OS. The van der Waals surface area contributed by atoms with Crippen molar-refractivity contribution in [3.05, 3.63) is 34.4 Å². The molecule has 0 aromatic heterocycles. The molecule has 2 rings (SSSR count). The second-order valence-corrected chi connectivity index (χ2v) is 7.08. The number of aryl methyl sites for hydroxylation is 3. The first-order chi connectivity index (χ1) is 9.06. The lowest BCUT2D eigenvalue weighted by atomic mass is 9.90. The molecular weight excluding hydrogens is 252 g/mol. The van der Waals surface area contributed by atoms with Crippen molar-refractivity contribution in [2.75, 3.05) is 11.5 Å². The number of benzene rings is 1. The monoisotopic (exact) mass is 276 g/mol. The fraction of sp³-hybridized carbons (Fsp3) is 0.588. The molecule has 1 nitrogen and oxygen atoms in total. The van der Waals surface area contributed by atoms with Crippen LogP contribution < -0.4 is 0 Å². The average Bonchev–Trinajstić information content (AvgIpc) is 2.35. The van der Waals surface area contributed by atoms with Crippen LogP contribution in [0.4, 0.5) is 0 Å². The summed E-state index contributed by atoms with van der Waals surface area (Å²) in [5, 5.41) is 0. The fourth-order valence-electron chi connectivity index (χ4n) is 3.03. The van der Waals surface area contributed by atoms with Gasteiger partial charge >= 0.3 is 0 Å². The zero-order valence-corrected chi connectivity index (χ0v) is 13.1. The van der Waals surface area contributed by atoms with Crippen LogP contribution in [-0.4, -0.2) is 17.3 Å². The van der Waals surface area contributed by atoms with E-state index in [-0.39, 0.29) is 0 Å². The van der Waals surface area contributed by atoms with Crippen LogP contribution in [0.2, 0.25) is 0 Å². The Hall–Kier alpha value is -0.760. The number of carbonyl (C=O) groups excluding carboxylic acids is 1. The molecule has 0 radical (unpaired) electrons. The Balaban J connectivity index is 1.98. The Kier molecular flexibility index (Phi) is 5.09. The molecule has 1 aromatic carbocycles. The van der Waals surface area contributed by atoms with Crippen molar-refractivity contribution in [1.82, 2.24) is 0 Å². The summed E-state index contributed by atoms with van der Waals surface area (Å²) in [4.78, 5) is 12.3. The molecule has 1 saturated heterocycles. The minimum Gasteiger partial charge on any atom is -0.299 e. The van der Waals surface area contributed by atoms with E-state index < -0.39 is 0 Å². The van der Waals surface area contributed by atoms with E-state index in [2.05, 4.69) is 32.9 Å². The molecule has 104 valence electrons. The molecule has 1 fully saturated rings. The molecule has 0 saturated carbocycles. The van der Waals surface area contributed by atoms with Gasteiger partial charge in [-0.15, -0.1) is 0 Å². The molecule has 1 heterocycles. The molecule has 0 atom stereocenters. The summed E-state index contributed by atoms with van der Waals surface area (Å²) in [5.74, 6) is 3.54. The van der Waals surface area contributed by atoms with Gasteiger partial charge in [0.2, 0.25) is 0 Å². The molecule has 0 unspecified atom stereocenters. The third kappa shape index (κ3) is 4.10. The van der Waals surface area contributed by atoms with Crippen LogP contribution >= 0.6 is 11.8 Å². The molecule has 0 amide bonds. The molecule has 0 aliphatic carbocycles. The lowest BCUT2D eigenvalue weighted by molar-refractivity contribution is -0.119. The average molecular weight is 276 g/mol. The number of hydrogen-bond acceptors (Lipinski definition) is 2. The van der Waals surface area contributed by atoms with E-state index in [4.69, 9.17) is 0 Å². The highest BCUT2D eigenvalue weighted by molar-refractivity contribution is 7.99. The summed E-state index contributed by atoms with van der Waals surface area (Å²) >= 11 is 2.02. The van der Waals surface area contributed by atoms with Gasteiger partial charge in [0, 0.05) is 12.8 Å². The van der Waals surface area contributed by atoms with Gasteiger partial charge in [0.05, 0.1) is 0 Å². The molecule has 19 heavy (non-hydrogen) atoms. The van der Waals surface area contributed by atoms with Gasteiger partial charge in [0.1, 0.15) is 5.78 Å². The van der Waals surface area contributed by atoms with Gasteiger partial charge in [-0.25, -0.2) is 0 Å². The highest BCUT2D eigenvalue weighted by Gasteiger charge is 2.18. The van der Waals surface area contributed by atoms with Gasteiger partial charge in [-0.3, -0.25) is 4.79 Å². The van der Waals surface area contributed by atoms with Gasteiger partial charge in [-0.1, -0.05) is 17.7 Å². The van der Waals surface area contributed by atoms with E-state index in [1.165, 1.54) is 46.6 Å². The predicted molar refractivity (Wildman–Crippen MR) is 84.0 cm³/mol. The van der Waals surface area contributed by atoms with E-state index in [0.29, 0.717) is 18.1 Å². The maximum absolute atomic E-state index is 12.3. The van der Waals surface area contributed by atoms with E-state index in [1.54, 1.807) is 0 Å². The Morgan fingerprint density at radius 1 is 1.16 bits per heavy atom. The second-order valence-electron chi connectivity index (χ2n) is 5.85. The first-order valence-electron chi connectivity index (χ1n) is 7.22. The Labute approximate surface area is 121 Å². The van der Waals surface area contributed by atoms with Gasteiger partial charge < -0.3 is 0 Å². The van der Waals surface area contributed by atoms with Crippen molar-refractivity contribution >= 4 is 17.5 Å². The maximum Gasteiger partial charge on any atom is 0.137 e. The van der Waals surface area contributed by atoms with Crippen LogP contribution in [0.3, 0.4) is 0 Å². The molecule has 1 aromatic rings. The number of rotatable bonds is 4. The van der Waals surface area contributed by atoms with Crippen LogP contribution in [0, 0.1) is 26.7 Å². The smallest absolute Gasteiger partial charge is 0.137 e. The maximum atomic E-state index is 12.3. The molecule has 1 aliphatic heterocycles. The third-order valence-electron chi connectivity index (χ3n) is 4.07. The van der Waals surface area contributed by atoms with Gasteiger partial charge in [-0.05, 0) is 67.7 Å². The number of Topliss-reactive ketones (excluding diaryl/α,β-unsaturated/α-hetero) is 1. The normalized spacial score (nSPS) is 16.6.